The largest absolute Gasteiger partial charge is 0.479 e. The Bertz CT molecular complexity index is 1110. The second-order valence-corrected chi connectivity index (χ2v) is 10.5. The summed E-state index contributed by atoms with van der Waals surface area (Å²) in [4.78, 5) is 37.5. The maximum absolute atomic E-state index is 12.2. The van der Waals surface area contributed by atoms with Gasteiger partial charge in [0.25, 0.3) is 11.2 Å². The zero-order chi connectivity index (χ0) is 23.1. The van der Waals surface area contributed by atoms with E-state index in [4.69, 9.17) is 24.6 Å². The Morgan fingerprint density at radius 1 is 1.39 bits per heavy atom. The molecule has 3 heterocycles. The molecule has 2 aromatic rings. The van der Waals surface area contributed by atoms with E-state index in [1.54, 1.807) is 7.05 Å². The predicted molar refractivity (Wildman–Crippen MR) is 104 cm³/mol. The molecule has 1 aliphatic rings. The lowest BCUT2D eigenvalue weighted by Crippen LogP contribution is -2.32. The van der Waals surface area contributed by atoms with Crippen LogP contribution in [0.5, 0.6) is 0 Å². The number of aromatic nitrogens is 4. The Hall–Kier alpha value is -1.67. The number of anilines is 1. The quantitative estimate of drug-likeness (QED) is 0.216. The number of rotatable bonds is 8. The maximum atomic E-state index is 12.2. The van der Waals surface area contributed by atoms with Gasteiger partial charge < -0.3 is 30.1 Å². The van der Waals surface area contributed by atoms with Crippen molar-refractivity contribution in [1.82, 2.24) is 14.5 Å². The van der Waals surface area contributed by atoms with Crippen molar-refractivity contribution >= 4 is 32.5 Å². The number of methoxy groups -OCH3 is 1. The minimum absolute atomic E-state index is 0.00394. The van der Waals surface area contributed by atoms with E-state index in [2.05, 4.69) is 14.3 Å². The maximum Gasteiger partial charge on any atom is 0.479 e. The lowest BCUT2D eigenvalue weighted by molar-refractivity contribution is -0.646. The Morgan fingerprint density at radius 3 is 2.68 bits per heavy atom. The number of aliphatic hydroxyl groups excluding tert-OH is 1. The molecule has 3 rings (SSSR count). The highest BCUT2D eigenvalue weighted by molar-refractivity contribution is 7.63. The summed E-state index contributed by atoms with van der Waals surface area (Å²) < 4.78 is 45.9. The number of aliphatic hydroxyl groups is 1. The molecule has 0 amide bonds. The molecule has 31 heavy (non-hydrogen) atoms. The van der Waals surface area contributed by atoms with Crippen LogP contribution in [-0.2, 0) is 34.5 Å². The monoisotopic (exact) mass is 484 g/mol. The average Bonchev–Trinajstić information content (AvgIpc) is 3.09. The van der Waals surface area contributed by atoms with Crippen molar-refractivity contribution in [3.63, 3.8) is 0 Å². The number of imidazole rings is 1. The normalized spacial score (nSPS) is 27.9. The van der Waals surface area contributed by atoms with Crippen LogP contribution in [0.25, 0.3) is 11.2 Å². The standard InChI is InChI=1S/C14H23N5O10P2/c1-18-6-19(11-9(18)12(21)17-14(15)16-11)13-10(20)7(4-26-2)8(28-13)5-27-31(24,25)29-30(3,22)23/h6-8,10,13,20H,4-5H2,1-3H3,(H4-,15,16,17,21,22,23,24,25)/p+1/t7-,8-,10-,13-/m1/s1. The number of nitrogens with zero attached hydrogens (tertiary/aromatic N) is 3. The summed E-state index contributed by atoms with van der Waals surface area (Å²) in [6.07, 6.45) is -1.76. The molecule has 6 atom stereocenters. The number of phosphoric ester groups is 1. The van der Waals surface area contributed by atoms with Crippen LogP contribution in [-0.4, -0.2) is 68.6 Å². The third kappa shape index (κ3) is 5.22. The van der Waals surface area contributed by atoms with Gasteiger partial charge in [-0.25, -0.2) is 13.4 Å². The van der Waals surface area contributed by atoms with Crippen molar-refractivity contribution < 1.29 is 46.9 Å². The van der Waals surface area contributed by atoms with E-state index >= 15 is 0 Å². The predicted octanol–water partition coefficient (Wildman–Crippen LogP) is -1.40. The lowest BCUT2D eigenvalue weighted by Gasteiger charge is -2.20. The molecule has 0 aliphatic carbocycles. The van der Waals surface area contributed by atoms with E-state index in [9.17, 15) is 23.9 Å². The second kappa shape index (κ2) is 8.70. The highest BCUT2D eigenvalue weighted by Crippen LogP contribution is 2.58. The van der Waals surface area contributed by atoms with Gasteiger partial charge in [0, 0.05) is 19.7 Å². The molecule has 17 heteroatoms. The fourth-order valence-corrected chi connectivity index (χ4v) is 5.48. The summed E-state index contributed by atoms with van der Waals surface area (Å²) in [7, 11) is -6.18. The summed E-state index contributed by atoms with van der Waals surface area (Å²) in [5.74, 6) is -0.857. The van der Waals surface area contributed by atoms with Crippen LogP contribution in [0.4, 0.5) is 5.95 Å². The summed E-state index contributed by atoms with van der Waals surface area (Å²) in [5.41, 5.74) is 5.48. The van der Waals surface area contributed by atoms with Crippen LogP contribution in [0.3, 0.4) is 0 Å². The van der Waals surface area contributed by atoms with Crippen LogP contribution < -0.4 is 15.9 Å². The molecule has 0 saturated carbocycles. The van der Waals surface area contributed by atoms with Gasteiger partial charge >= 0.3 is 21.0 Å². The molecule has 0 spiro atoms. The number of nitrogens with two attached hydrogens (primary N) is 1. The van der Waals surface area contributed by atoms with E-state index in [0.717, 1.165) is 6.66 Å². The zero-order valence-electron chi connectivity index (χ0n) is 16.8. The number of hydrogen-bond donors (Lipinski definition) is 5. The molecule has 174 valence electrons. The van der Waals surface area contributed by atoms with E-state index in [0.29, 0.717) is 0 Å². The van der Waals surface area contributed by atoms with E-state index in [1.165, 1.54) is 22.6 Å². The van der Waals surface area contributed by atoms with Crippen molar-refractivity contribution in [2.45, 2.75) is 18.4 Å². The number of phosphoric acid groups is 1. The van der Waals surface area contributed by atoms with E-state index in [-0.39, 0.29) is 23.7 Å². The Balaban J connectivity index is 1.89. The number of nitrogens with one attached hydrogen (secondary N) is 1. The van der Waals surface area contributed by atoms with Gasteiger partial charge in [0.05, 0.1) is 26.4 Å². The van der Waals surface area contributed by atoms with Crippen LogP contribution >= 0.6 is 15.4 Å². The summed E-state index contributed by atoms with van der Waals surface area (Å²) >= 11 is 0. The molecular formula is C14H24N5O10P2+. The first kappa shape index (κ1) is 24.0. The molecule has 1 fully saturated rings. The van der Waals surface area contributed by atoms with Gasteiger partial charge in [-0.2, -0.15) is 9.55 Å². The third-order valence-corrected chi connectivity index (χ3v) is 7.12. The fraction of sp³-hybridized carbons (Fsp3) is 0.643. The number of aryl methyl sites for hydroxylation is 1. The molecular weight excluding hydrogens is 460 g/mol. The summed E-state index contributed by atoms with van der Waals surface area (Å²) in [5, 5.41) is 10.8. The molecule has 2 unspecified atom stereocenters. The average molecular weight is 484 g/mol. The van der Waals surface area contributed by atoms with Gasteiger partial charge in [0.15, 0.2) is 0 Å². The van der Waals surface area contributed by atoms with Crippen molar-refractivity contribution in [2.75, 3.05) is 32.7 Å². The highest BCUT2D eigenvalue weighted by Gasteiger charge is 2.49. The highest BCUT2D eigenvalue weighted by atomic mass is 31.3. The van der Waals surface area contributed by atoms with Gasteiger partial charge in [-0.1, -0.05) is 0 Å². The number of hydrogen-bond acceptors (Lipinski definition) is 10. The molecule has 1 saturated heterocycles. The Morgan fingerprint density at radius 2 is 2.06 bits per heavy atom. The van der Waals surface area contributed by atoms with Crippen molar-refractivity contribution in [3.05, 3.63) is 16.7 Å². The first-order valence-corrected chi connectivity index (χ1v) is 12.4. The Labute approximate surface area is 175 Å². The molecule has 0 bridgehead atoms. The summed E-state index contributed by atoms with van der Waals surface area (Å²) in [6, 6.07) is 0. The van der Waals surface area contributed by atoms with E-state index < -0.39 is 51.9 Å². The lowest BCUT2D eigenvalue weighted by atomic mass is 9.99. The minimum atomic E-state index is -4.87. The molecule has 1 aliphatic heterocycles. The second-order valence-electron chi connectivity index (χ2n) is 7.08. The molecule has 15 nitrogen and oxygen atoms in total. The first-order chi connectivity index (χ1) is 14.3. The minimum Gasteiger partial charge on any atom is -0.385 e. The number of nitrogen functional groups attached to an aromatic ring is 1. The van der Waals surface area contributed by atoms with Crippen molar-refractivity contribution in [2.24, 2.45) is 13.0 Å². The topological polar surface area (TPSA) is 212 Å². The van der Waals surface area contributed by atoms with Crippen molar-refractivity contribution in [3.8, 4) is 0 Å². The molecule has 0 aromatic carbocycles. The number of ether oxygens (including phenoxy) is 2. The van der Waals surface area contributed by atoms with Crippen LogP contribution in [0.15, 0.2) is 11.1 Å². The van der Waals surface area contributed by atoms with Crippen LogP contribution in [0, 0.1) is 5.92 Å². The first-order valence-electron chi connectivity index (χ1n) is 8.90. The fourth-order valence-electron chi connectivity index (χ4n) is 3.42. The van der Waals surface area contributed by atoms with Crippen LogP contribution in [0.2, 0.25) is 0 Å². The number of H-pyrrole nitrogens is 1. The van der Waals surface area contributed by atoms with Gasteiger partial charge in [-0.15, -0.1) is 0 Å². The number of fused-ring (bicyclic) bond motifs is 1. The third-order valence-electron chi connectivity index (χ3n) is 4.60. The van der Waals surface area contributed by atoms with Gasteiger partial charge in [-0.05, 0) is 0 Å². The zero-order valence-corrected chi connectivity index (χ0v) is 18.6. The SMILES string of the molecule is COC[C@H]1[C@@H](O)[C@H](n2c[n+](C)c3c(=O)[nH]c(N)nc32)O[C@@H]1COP(=O)(O)OP(C)(=O)O. The molecule has 2 aromatic heterocycles. The summed E-state index contributed by atoms with van der Waals surface area (Å²) in [6.45, 7) is 0.170. The molecule has 0 radical (unpaired) electrons. The van der Waals surface area contributed by atoms with Crippen molar-refractivity contribution in [1.29, 1.82) is 0 Å². The van der Waals surface area contributed by atoms with E-state index in [1.807, 2.05) is 0 Å². The molecule has 6 N–H and O–H groups in total. The number of aromatic amines is 1. The van der Waals surface area contributed by atoms with Crippen LogP contribution in [0.1, 0.15) is 6.23 Å². The Kier molecular flexibility index (Phi) is 6.73. The van der Waals surface area contributed by atoms with Gasteiger partial charge in [0.2, 0.25) is 18.5 Å². The van der Waals surface area contributed by atoms with Gasteiger partial charge in [-0.3, -0.25) is 18.9 Å². The smallest absolute Gasteiger partial charge is 0.385 e. The van der Waals surface area contributed by atoms with Gasteiger partial charge in [0.1, 0.15) is 6.10 Å².